The Labute approximate surface area is 109 Å². The summed E-state index contributed by atoms with van der Waals surface area (Å²) in [5.41, 5.74) is 4.85. The number of aromatic nitrogens is 2. The van der Waals surface area contributed by atoms with E-state index in [1.807, 2.05) is 36.4 Å². The van der Waals surface area contributed by atoms with Crippen molar-refractivity contribution in [2.75, 3.05) is 0 Å². The molecule has 0 aliphatic rings. The van der Waals surface area contributed by atoms with Gasteiger partial charge in [-0.2, -0.15) is 5.10 Å². The number of para-hydroxylation sites is 1. The summed E-state index contributed by atoms with van der Waals surface area (Å²) in [6.45, 7) is 0. The van der Waals surface area contributed by atoms with Crippen LogP contribution in [0.1, 0.15) is 16.1 Å². The third-order valence-corrected chi connectivity index (χ3v) is 2.83. The summed E-state index contributed by atoms with van der Waals surface area (Å²) in [4.78, 5) is 18.0. The second kappa shape index (κ2) is 4.81. The lowest BCUT2D eigenvalue weighted by Gasteiger charge is -1.97. The highest BCUT2D eigenvalue weighted by atomic mass is 16.2. The number of nitrogens with one attached hydrogen (secondary N) is 3. The van der Waals surface area contributed by atoms with E-state index in [9.17, 15) is 4.79 Å². The molecule has 0 spiro atoms. The maximum atomic E-state index is 12.0. The SMILES string of the molecule is O=C(N/N=C/c1ccc[nH]1)c1c[nH]c2ccccc12. The normalized spacial score (nSPS) is 11.2. The Hall–Kier alpha value is -2.82. The molecule has 5 heteroatoms. The number of fused-ring (bicyclic) bond motifs is 1. The van der Waals surface area contributed by atoms with Gasteiger partial charge in [-0.1, -0.05) is 18.2 Å². The minimum atomic E-state index is -0.236. The van der Waals surface area contributed by atoms with Crippen molar-refractivity contribution in [3.63, 3.8) is 0 Å². The smallest absolute Gasteiger partial charge is 0.273 e. The number of nitrogens with zero attached hydrogens (tertiary/aromatic N) is 1. The molecule has 19 heavy (non-hydrogen) atoms. The van der Waals surface area contributed by atoms with E-state index in [1.54, 1.807) is 18.6 Å². The Bertz CT molecular complexity index is 725. The maximum Gasteiger partial charge on any atom is 0.273 e. The lowest BCUT2D eigenvalue weighted by molar-refractivity contribution is 0.0957. The Morgan fingerprint density at radius 1 is 1.16 bits per heavy atom. The van der Waals surface area contributed by atoms with Crippen LogP contribution >= 0.6 is 0 Å². The van der Waals surface area contributed by atoms with E-state index in [0.717, 1.165) is 16.6 Å². The number of rotatable bonds is 3. The molecule has 5 nitrogen and oxygen atoms in total. The molecule has 0 atom stereocenters. The number of hydrogen-bond acceptors (Lipinski definition) is 2. The van der Waals surface area contributed by atoms with Crippen LogP contribution < -0.4 is 5.43 Å². The van der Waals surface area contributed by atoms with Crippen LogP contribution in [-0.2, 0) is 0 Å². The van der Waals surface area contributed by atoms with Gasteiger partial charge in [0.2, 0.25) is 0 Å². The van der Waals surface area contributed by atoms with Gasteiger partial charge < -0.3 is 9.97 Å². The van der Waals surface area contributed by atoms with Crippen molar-refractivity contribution in [3.8, 4) is 0 Å². The van der Waals surface area contributed by atoms with Crippen LogP contribution in [0.2, 0.25) is 0 Å². The summed E-state index contributed by atoms with van der Waals surface area (Å²) >= 11 is 0. The Balaban J connectivity index is 1.77. The molecule has 1 aromatic carbocycles. The number of benzene rings is 1. The predicted octanol–water partition coefficient (Wildman–Crippen LogP) is 2.26. The fourth-order valence-corrected chi connectivity index (χ4v) is 1.90. The van der Waals surface area contributed by atoms with Gasteiger partial charge in [-0.05, 0) is 18.2 Å². The molecule has 1 amide bonds. The molecule has 0 aliphatic carbocycles. The van der Waals surface area contributed by atoms with Gasteiger partial charge in [0.05, 0.1) is 17.5 Å². The first kappa shape index (κ1) is 11.3. The van der Waals surface area contributed by atoms with Gasteiger partial charge in [0.25, 0.3) is 5.91 Å². The van der Waals surface area contributed by atoms with Crippen LogP contribution in [0.3, 0.4) is 0 Å². The molecule has 0 saturated heterocycles. The number of amides is 1. The van der Waals surface area contributed by atoms with Crippen molar-refractivity contribution < 1.29 is 4.79 Å². The molecule has 3 rings (SSSR count). The summed E-state index contributed by atoms with van der Waals surface area (Å²) < 4.78 is 0. The fourth-order valence-electron chi connectivity index (χ4n) is 1.90. The number of hydrazone groups is 1. The van der Waals surface area contributed by atoms with Crippen molar-refractivity contribution in [3.05, 3.63) is 60.0 Å². The van der Waals surface area contributed by atoms with Crippen molar-refractivity contribution in [2.45, 2.75) is 0 Å². The van der Waals surface area contributed by atoms with Gasteiger partial charge in [-0.15, -0.1) is 0 Å². The highest BCUT2D eigenvalue weighted by Crippen LogP contribution is 2.17. The minimum absolute atomic E-state index is 0.236. The number of aromatic amines is 2. The lowest BCUT2D eigenvalue weighted by Crippen LogP contribution is -2.17. The van der Waals surface area contributed by atoms with E-state index in [1.165, 1.54) is 0 Å². The van der Waals surface area contributed by atoms with Crippen LogP contribution in [0, 0.1) is 0 Å². The van der Waals surface area contributed by atoms with Crippen LogP contribution in [0.4, 0.5) is 0 Å². The summed E-state index contributed by atoms with van der Waals surface area (Å²) in [7, 11) is 0. The van der Waals surface area contributed by atoms with E-state index in [2.05, 4.69) is 20.5 Å². The Morgan fingerprint density at radius 3 is 2.89 bits per heavy atom. The Kier molecular flexibility index (Phi) is 2.86. The highest BCUT2D eigenvalue weighted by Gasteiger charge is 2.10. The molecule has 2 heterocycles. The average Bonchev–Trinajstić information content (AvgIpc) is 3.07. The van der Waals surface area contributed by atoms with Gasteiger partial charge >= 0.3 is 0 Å². The largest absolute Gasteiger partial charge is 0.360 e. The van der Waals surface area contributed by atoms with Crippen molar-refractivity contribution in [1.82, 2.24) is 15.4 Å². The molecule has 0 bridgehead atoms. The molecule has 0 aliphatic heterocycles. The fraction of sp³-hybridized carbons (Fsp3) is 0. The molecule has 0 fully saturated rings. The quantitative estimate of drug-likeness (QED) is 0.485. The van der Waals surface area contributed by atoms with Crippen molar-refractivity contribution >= 4 is 23.0 Å². The van der Waals surface area contributed by atoms with Gasteiger partial charge in [0.1, 0.15) is 0 Å². The summed E-state index contributed by atoms with van der Waals surface area (Å²) in [5.74, 6) is -0.236. The Morgan fingerprint density at radius 2 is 2.05 bits per heavy atom. The molecule has 0 saturated carbocycles. The first-order valence-corrected chi connectivity index (χ1v) is 5.87. The molecule has 2 aromatic heterocycles. The van der Waals surface area contributed by atoms with Gasteiger partial charge in [0.15, 0.2) is 0 Å². The molecular weight excluding hydrogens is 240 g/mol. The highest BCUT2D eigenvalue weighted by molar-refractivity contribution is 6.06. The third kappa shape index (κ3) is 2.26. The third-order valence-electron chi connectivity index (χ3n) is 2.83. The average molecular weight is 252 g/mol. The molecule has 3 aromatic rings. The predicted molar refractivity (Wildman–Crippen MR) is 74.2 cm³/mol. The summed E-state index contributed by atoms with van der Waals surface area (Å²) in [6.07, 6.45) is 5.04. The second-order valence-corrected chi connectivity index (χ2v) is 4.07. The van der Waals surface area contributed by atoms with Gasteiger partial charge in [-0.3, -0.25) is 4.79 Å². The lowest BCUT2D eigenvalue weighted by atomic mass is 10.2. The van der Waals surface area contributed by atoms with Crippen molar-refractivity contribution in [1.29, 1.82) is 0 Å². The molecule has 94 valence electrons. The number of hydrogen-bond donors (Lipinski definition) is 3. The zero-order valence-electron chi connectivity index (χ0n) is 10.1. The molecule has 0 unspecified atom stereocenters. The second-order valence-electron chi connectivity index (χ2n) is 4.07. The summed E-state index contributed by atoms with van der Waals surface area (Å²) in [6, 6.07) is 11.4. The first-order chi connectivity index (χ1) is 9.34. The first-order valence-electron chi connectivity index (χ1n) is 5.87. The zero-order valence-corrected chi connectivity index (χ0v) is 10.1. The number of H-pyrrole nitrogens is 2. The van der Waals surface area contributed by atoms with Crippen LogP contribution in [0.25, 0.3) is 10.9 Å². The van der Waals surface area contributed by atoms with Crippen LogP contribution in [0.5, 0.6) is 0 Å². The molecule has 0 radical (unpaired) electrons. The minimum Gasteiger partial charge on any atom is -0.360 e. The number of carbonyl (C=O) groups is 1. The van der Waals surface area contributed by atoms with Gasteiger partial charge in [0, 0.05) is 23.3 Å². The van der Waals surface area contributed by atoms with Crippen LogP contribution in [-0.4, -0.2) is 22.1 Å². The van der Waals surface area contributed by atoms with E-state index in [0.29, 0.717) is 5.56 Å². The van der Waals surface area contributed by atoms with E-state index >= 15 is 0 Å². The topological polar surface area (TPSA) is 73.0 Å². The standard InChI is InChI=1S/C14H12N4O/c19-14(18-17-8-10-4-3-7-15-10)12-9-16-13-6-2-1-5-11(12)13/h1-9,15-16H,(H,18,19)/b17-8+. The number of carbonyl (C=O) groups excluding carboxylic acids is 1. The maximum absolute atomic E-state index is 12.0. The van der Waals surface area contributed by atoms with Gasteiger partial charge in [-0.25, -0.2) is 5.43 Å². The monoisotopic (exact) mass is 252 g/mol. The van der Waals surface area contributed by atoms with E-state index in [4.69, 9.17) is 0 Å². The summed E-state index contributed by atoms with van der Waals surface area (Å²) in [5, 5.41) is 4.79. The van der Waals surface area contributed by atoms with Crippen molar-refractivity contribution in [2.24, 2.45) is 5.10 Å². The molecule has 3 N–H and O–H groups in total. The molecular formula is C14H12N4O. The van der Waals surface area contributed by atoms with E-state index < -0.39 is 0 Å². The van der Waals surface area contributed by atoms with E-state index in [-0.39, 0.29) is 5.91 Å². The van der Waals surface area contributed by atoms with Crippen LogP contribution in [0.15, 0.2) is 53.9 Å². The zero-order chi connectivity index (χ0) is 13.1.